The van der Waals surface area contributed by atoms with Crippen molar-refractivity contribution in [2.75, 3.05) is 11.9 Å². The van der Waals surface area contributed by atoms with Crippen molar-refractivity contribution in [2.45, 2.75) is 40.0 Å². The molecule has 1 rings (SSSR count). The molecule has 0 heterocycles. The normalized spacial score (nSPS) is 12.6. The van der Waals surface area contributed by atoms with E-state index in [4.69, 9.17) is 4.74 Å². The molecule has 17 heavy (non-hydrogen) atoms. The van der Waals surface area contributed by atoms with Gasteiger partial charge in [-0.15, -0.1) is 0 Å². The predicted molar refractivity (Wildman–Crippen MR) is 78.2 cm³/mol. The molecule has 0 aliphatic rings. The maximum Gasteiger partial charge on any atom is 0.119 e. The van der Waals surface area contributed by atoms with Gasteiger partial charge in [0.1, 0.15) is 5.75 Å². The van der Waals surface area contributed by atoms with Crippen molar-refractivity contribution >= 4 is 15.9 Å². The van der Waals surface area contributed by atoms with Gasteiger partial charge in [0.2, 0.25) is 0 Å². The van der Waals surface area contributed by atoms with Crippen molar-refractivity contribution < 1.29 is 4.74 Å². The number of hydrogen-bond acceptors (Lipinski definition) is 1. The third kappa shape index (κ3) is 4.71. The zero-order chi connectivity index (χ0) is 13.1. The zero-order valence-electron chi connectivity index (χ0n) is 11.5. The summed E-state index contributed by atoms with van der Waals surface area (Å²) in [6, 6.07) is 8.39. The van der Waals surface area contributed by atoms with Crippen LogP contribution in [0.1, 0.15) is 40.2 Å². The first-order valence-corrected chi connectivity index (χ1v) is 7.16. The maximum absolute atomic E-state index is 5.87. The topological polar surface area (TPSA) is 9.23 Å². The highest BCUT2D eigenvalue weighted by Crippen LogP contribution is 2.27. The van der Waals surface area contributed by atoms with E-state index in [1.165, 1.54) is 5.56 Å². The Morgan fingerprint density at radius 3 is 2.29 bits per heavy atom. The zero-order valence-corrected chi connectivity index (χ0v) is 13.1. The van der Waals surface area contributed by atoms with Crippen LogP contribution in [0.4, 0.5) is 0 Å². The molecule has 0 saturated heterocycles. The summed E-state index contributed by atoms with van der Waals surface area (Å²) >= 11 is 3.51. The van der Waals surface area contributed by atoms with E-state index in [1.54, 1.807) is 0 Å². The number of ether oxygens (including phenoxy) is 1. The summed E-state index contributed by atoms with van der Waals surface area (Å²) < 4.78 is 5.87. The largest absolute Gasteiger partial charge is 0.493 e. The van der Waals surface area contributed by atoms with Gasteiger partial charge in [-0.25, -0.2) is 0 Å². The van der Waals surface area contributed by atoms with Crippen LogP contribution in [-0.2, 0) is 5.41 Å². The van der Waals surface area contributed by atoms with E-state index in [-0.39, 0.29) is 10.8 Å². The number of benzene rings is 1. The average molecular weight is 299 g/mol. The number of hydrogen-bond donors (Lipinski definition) is 0. The highest BCUT2D eigenvalue weighted by atomic mass is 79.9. The summed E-state index contributed by atoms with van der Waals surface area (Å²) in [5, 5.41) is 0.943. The van der Waals surface area contributed by atoms with Gasteiger partial charge in [0, 0.05) is 10.7 Å². The Bertz CT molecular complexity index is 363. The minimum atomic E-state index is 0.164. The molecule has 0 atom stereocenters. The average Bonchev–Trinajstić information content (AvgIpc) is 2.26. The van der Waals surface area contributed by atoms with Gasteiger partial charge < -0.3 is 4.74 Å². The summed E-state index contributed by atoms with van der Waals surface area (Å²) in [6.07, 6.45) is 0. The Morgan fingerprint density at radius 2 is 1.76 bits per heavy atom. The van der Waals surface area contributed by atoms with Gasteiger partial charge in [-0.2, -0.15) is 0 Å². The molecule has 1 aromatic carbocycles. The van der Waals surface area contributed by atoms with Crippen molar-refractivity contribution in [2.24, 2.45) is 5.41 Å². The van der Waals surface area contributed by atoms with Crippen LogP contribution in [0.15, 0.2) is 24.3 Å². The lowest BCUT2D eigenvalue weighted by molar-refractivity contribution is 0.203. The molecular weight excluding hydrogens is 276 g/mol. The van der Waals surface area contributed by atoms with Crippen molar-refractivity contribution in [1.29, 1.82) is 0 Å². The van der Waals surface area contributed by atoms with E-state index in [0.29, 0.717) is 0 Å². The summed E-state index contributed by atoms with van der Waals surface area (Å²) in [7, 11) is 0. The van der Waals surface area contributed by atoms with Gasteiger partial charge in [0.25, 0.3) is 0 Å². The van der Waals surface area contributed by atoms with Crippen LogP contribution in [0.3, 0.4) is 0 Å². The number of rotatable bonds is 4. The Morgan fingerprint density at radius 1 is 1.12 bits per heavy atom. The standard InChI is InChI=1S/C15H23BrO/c1-14(2,3)12-7-6-8-13(9-12)17-11-15(4,5)10-16/h6-9H,10-11H2,1-5H3. The van der Waals surface area contributed by atoms with E-state index in [1.807, 2.05) is 6.07 Å². The van der Waals surface area contributed by atoms with E-state index < -0.39 is 0 Å². The minimum Gasteiger partial charge on any atom is -0.493 e. The lowest BCUT2D eigenvalue weighted by Crippen LogP contribution is -2.23. The molecule has 2 heteroatoms. The fraction of sp³-hybridized carbons (Fsp3) is 0.600. The summed E-state index contributed by atoms with van der Waals surface area (Å²) in [4.78, 5) is 0. The van der Waals surface area contributed by atoms with Crippen molar-refractivity contribution in [1.82, 2.24) is 0 Å². The molecule has 0 aliphatic heterocycles. The third-order valence-corrected chi connectivity index (χ3v) is 4.21. The monoisotopic (exact) mass is 298 g/mol. The highest BCUT2D eigenvalue weighted by Gasteiger charge is 2.18. The molecule has 0 aromatic heterocycles. The van der Waals surface area contributed by atoms with Gasteiger partial charge in [0.15, 0.2) is 0 Å². The van der Waals surface area contributed by atoms with Crippen LogP contribution in [-0.4, -0.2) is 11.9 Å². The second-order valence-electron chi connectivity index (χ2n) is 6.36. The summed E-state index contributed by atoms with van der Waals surface area (Å²) in [5.41, 5.74) is 1.65. The van der Waals surface area contributed by atoms with Crippen molar-refractivity contribution in [3.63, 3.8) is 0 Å². The molecule has 0 N–H and O–H groups in total. The second kappa shape index (κ2) is 5.43. The van der Waals surface area contributed by atoms with Gasteiger partial charge in [-0.05, 0) is 23.1 Å². The van der Waals surface area contributed by atoms with Crippen LogP contribution < -0.4 is 4.74 Å². The van der Waals surface area contributed by atoms with Crippen LogP contribution in [0.5, 0.6) is 5.75 Å². The third-order valence-electron chi connectivity index (χ3n) is 2.69. The molecule has 0 unspecified atom stereocenters. The van der Waals surface area contributed by atoms with Crippen molar-refractivity contribution in [3.8, 4) is 5.75 Å². The van der Waals surface area contributed by atoms with Gasteiger partial charge in [0.05, 0.1) is 6.61 Å². The predicted octanol–water partition coefficient (Wildman–Crippen LogP) is 4.78. The first kappa shape index (κ1) is 14.6. The van der Waals surface area contributed by atoms with E-state index in [0.717, 1.165) is 17.7 Å². The summed E-state index contributed by atoms with van der Waals surface area (Å²) in [6.45, 7) is 11.8. The summed E-state index contributed by atoms with van der Waals surface area (Å²) in [5.74, 6) is 0.964. The van der Waals surface area contributed by atoms with Crippen LogP contribution in [0.25, 0.3) is 0 Å². The second-order valence-corrected chi connectivity index (χ2v) is 6.93. The first-order chi connectivity index (χ1) is 7.74. The van der Waals surface area contributed by atoms with E-state index >= 15 is 0 Å². The fourth-order valence-electron chi connectivity index (χ4n) is 1.37. The molecule has 0 saturated carbocycles. The Labute approximate surface area is 114 Å². The maximum atomic E-state index is 5.87. The van der Waals surface area contributed by atoms with Crippen LogP contribution >= 0.6 is 15.9 Å². The lowest BCUT2D eigenvalue weighted by atomic mass is 9.87. The van der Waals surface area contributed by atoms with Gasteiger partial charge >= 0.3 is 0 Å². The molecule has 0 aliphatic carbocycles. The van der Waals surface area contributed by atoms with Gasteiger partial charge in [-0.3, -0.25) is 0 Å². The molecule has 0 amide bonds. The Balaban J connectivity index is 2.74. The van der Waals surface area contributed by atoms with Crippen LogP contribution in [0.2, 0.25) is 0 Å². The number of alkyl halides is 1. The molecule has 96 valence electrons. The van der Waals surface area contributed by atoms with E-state index in [9.17, 15) is 0 Å². The smallest absolute Gasteiger partial charge is 0.119 e. The Hall–Kier alpha value is -0.500. The molecule has 1 nitrogen and oxygen atoms in total. The highest BCUT2D eigenvalue weighted by molar-refractivity contribution is 9.09. The Kier molecular flexibility index (Phi) is 4.65. The quantitative estimate of drug-likeness (QED) is 0.727. The molecule has 0 fully saturated rings. The first-order valence-electron chi connectivity index (χ1n) is 6.04. The van der Waals surface area contributed by atoms with Crippen molar-refractivity contribution in [3.05, 3.63) is 29.8 Å². The van der Waals surface area contributed by atoms with E-state index in [2.05, 4.69) is 68.7 Å². The molecule has 0 spiro atoms. The lowest BCUT2D eigenvalue weighted by Gasteiger charge is -2.23. The molecular formula is C15H23BrO. The van der Waals surface area contributed by atoms with Crippen LogP contribution in [0, 0.1) is 5.41 Å². The minimum absolute atomic E-state index is 0.164. The SMILES string of the molecule is CC(C)(CBr)COc1cccc(C(C)(C)C)c1. The van der Waals surface area contributed by atoms with Gasteiger partial charge in [-0.1, -0.05) is 62.7 Å². The number of halogens is 1. The fourth-order valence-corrected chi connectivity index (χ4v) is 1.53. The molecule has 0 bridgehead atoms. The molecule has 1 aromatic rings. The molecule has 0 radical (unpaired) electrons.